The molecular weight excluding hydrogens is 337 g/mol. The zero-order valence-corrected chi connectivity index (χ0v) is 12.1. The number of amides is 1. The quantitative estimate of drug-likeness (QED) is 0.888. The van der Waals surface area contributed by atoms with Gasteiger partial charge in [0.25, 0.3) is 5.91 Å². The van der Waals surface area contributed by atoms with E-state index in [0.717, 1.165) is 0 Å². The minimum Gasteiger partial charge on any atom is -0.480 e. The summed E-state index contributed by atoms with van der Waals surface area (Å²) in [5.41, 5.74) is 0.282. The van der Waals surface area contributed by atoms with Gasteiger partial charge in [-0.1, -0.05) is 27.5 Å². The monoisotopic (exact) mass is 347 g/mol. The molecule has 5 nitrogen and oxygen atoms in total. The van der Waals surface area contributed by atoms with Gasteiger partial charge in [0.15, 0.2) is 6.04 Å². The van der Waals surface area contributed by atoms with Crippen LogP contribution in [0.2, 0.25) is 5.02 Å². The highest BCUT2D eigenvalue weighted by Gasteiger charge is 2.33. The Hall–Kier alpha value is -1.11. The van der Waals surface area contributed by atoms with Gasteiger partial charge in [-0.25, -0.2) is 4.79 Å². The van der Waals surface area contributed by atoms with E-state index >= 15 is 0 Å². The number of nitrogens with zero attached hydrogens (tertiary/aromatic N) is 1. The molecule has 1 heterocycles. The number of benzene rings is 1. The van der Waals surface area contributed by atoms with E-state index in [-0.39, 0.29) is 18.7 Å². The molecule has 1 aliphatic rings. The van der Waals surface area contributed by atoms with Gasteiger partial charge >= 0.3 is 5.97 Å². The topological polar surface area (TPSA) is 66.8 Å². The number of carboxylic acid groups (broad SMARTS) is 1. The van der Waals surface area contributed by atoms with Gasteiger partial charge in [-0.05, 0) is 18.2 Å². The van der Waals surface area contributed by atoms with Crippen LogP contribution in [0.25, 0.3) is 0 Å². The Bertz CT molecular complexity index is 522. The van der Waals surface area contributed by atoms with Crippen LogP contribution in [0.3, 0.4) is 0 Å². The number of halogens is 2. The van der Waals surface area contributed by atoms with Gasteiger partial charge in [0.05, 0.1) is 23.8 Å². The molecule has 102 valence electrons. The van der Waals surface area contributed by atoms with Gasteiger partial charge in [0.2, 0.25) is 0 Å². The van der Waals surface area contributed by atoms with Crippen LogP contribution in [0.4, 0.5) is 0 Å². The van der Waals surface area contributed by atoms with Crippen LogP contribution in [-0.4, -0.2) is 47.7 Å². The second-order valence-corrected chi connectivity index (χ2v) is 5.37. The number of morpholine rings is 1. The molecule has 0 spiro atoms. The molecule has 0 saturated carbocycles. The first-order valence-corrected chi connectivity index (χ1v) is 6.74. The largest absolute Gasteiger partial charge is 0.480 e. The average Bonchev–Trinajstić information content (AvgIpc) is 2.40. The van der Waals surface area contributed by atoms with Crippen LogP contribution < -0.4 is 0 Å². The summed E-state index contributed by atoms with van der Waals surface area (Å²) < 4.78 is 5.81. The summed E-state index contributed by atoms with van der Waals surface area (Å²) in [6.07, 6.45) is 0. The Labute approximate surface area is 123 Å². The fraction of sp³-hybridized carbons (Fsp3) is 0.333. The maximum absolute atomic E-state index is 12.4. The molecule has 0 radical (unpaired) electrons. The highest BCUT2D eigenvalue weighted by atomic mass is 79.9. The van der Waals surface area contributed by atoms with Gasteiger partial charge in [-0.3, -0.25) is 4.79 Å². The van der Waals surface area contributed by atoms with Gasteiger partial charge in [0.1, 0.15) is 0 Å². The molecule has 7 heteroatoms. The molecule has 1 aromatic carbocycles. The first kappa shape index (κ1) is 14.3. The van der Waals surface area contributed by atoms with Crippen molar-refractivity contribution in [3.8, 4) is 0 Å². The summed E-state index contributed by atoms with van der Waals surface area (Å²) in [5.74, 6) is -1.49. The summed E-state index contributed by atoms with van der Waals surface area (Å²) in [6.45, 7) is 0.548. The van der Waals surface area contributed by atoms with Crippen molar-refractivity contribution in [2.45, 2.75) is 6.04 Å². The van der Waals surface area contributed by atoms with Crippen molar-refractivity contribution in [2.24, 2.45) is 0 Å². The van der Waals surface area contributed by atoms with Gasteiger partial charge in [-0.15, -0.1) is 0 Å². The molecule has 0 aromatic heterocycles. The van der Waals surface area contributed by atoms with Crippen LogP contribution >= 0.6 is 27.5 Å². The minimum absolute atomic E-state index is 0.00725. The van der Waals surface area contributed by atoms with E-state index in [1.165, 1.54) is 4.90 Å². The highest BCUT2D eigenvalue weighted by Crippen LogP contribution is 2.24. The standard InChI is InChI=1S/C12H11BrClNO4/c13-7-1-2-9(14)8(5-7)11(16)15-3-4-19-6-10(15)12(17)18/h1-2,5,10H,3-4,6H2,(H,17,18)/t10-/m1/s1. The summed E-state index contributed by atoms with van der Waals surface area (Å²) in [5, 5.41) is 9.41. The Morgan fingerprint density at radius 3 is 2.89 bits per heavy atom. The second-order valence-electron chi connectivity index (χ2n) is 4.05. The van der Waals surface area contributed by atoms with Crippen molar-refractivity contribution < 1.29 is 19.4 Å². The maximum Gasteiger partial charge on any atom is 0.328 e. The lowest BCUT2D eigenvalue weighted by Gasteiger charge is -2.33. The van der Waals surface area contributed by atoms with Crippen molar-refractivity contribution >= 4 is 39.4 Å². The molecule has 1 fully saturated rings. The molecule has 0 aliphatic carbocycles. The number of hydrogen-bond donors (Lipinski definition) is 1. The Kier molecular flexibility index (Phi) is 4.44. The van der Waals surface area contributed by atoms with Crippen molar-refractivity contribution in [1.82, 2.24) is 4.90 Å². The van der Waals surface area contributed by atoms with Crippen molar-refractivity contribution in [3.63, 3.8) is 0 Å². The fourth-order valence-corrected chi connectivity index (χ4v) is 2.43. The highest BCUT2D eigenvalue weighted by molar-refractivity contribution is 9.10. The molecular formula is C12H11BrClNO4. The lowest BCUT2D eigenvalue weighted by atomic mass is 10.1. The van der Waals surface area contributed by atoms with E-state index in [1.54, 1.807) is 18.2 Å². The summed E-state index contributed by atoms with van der Waals surface area (Å²) >= 11 is 9.25. The molecule has 1 N–H and O–H groups in total. The normalized spacial score (nSPS) is 19.3. The lowest BCUT2D eigenvalue weighted by Crippen LogP contribution is -2.52. The number of hydrogen-bond acceptors (Lipinski definition) is 3. The van der Waals surface area contributed by atoms with E-state index in [1.807, 2.05) is 0 Å². The van der Waals surface area contributed by atoms with Crippen molar-refractivity contribution in [2.75, 3.05) is 19.8 Å². The van der Waals surface area contributed by atoms with E-state index in [0.29, 0.717) is 16.1 Å². The number of carbonyl (C=O) groups excluding carboxylic acids is 1. The molecule has 1 aromatic rings. The van der Waals surface area contributed by atoms with Crippen molar-refractivity contribution in [1.29, 1.82) is 0 Å². The molecule has 0 unspecified atom stereocenters. The molecule has 1 amide bonds. The van der Waals surface area contributed by atoms with Gasteiger partial charge in [-0.2, -0.15) is 0 Å². The Morgan fingerprint density at radius 2 is 2.21 bits per heavy atom. The number of aliphatic carboxylic acids is 1. The molecule has 1 saturated heterocycles. The smallest absolute Gasteiger partial charge is 0.328 e. The van der Waals surface area contributed by atoms with Crippen LogP contribution in [0.1, 0.15) is 10.4 Å². The average molecular weight is 349 g/mol. The summed E-state index contributed by atoms with van der Waals surface area (Å²) in [7, 11) is 0. The van der Waals surface area contributed by atoms with E-state index in [2.05, 4.69) is 15.9 Å². The van der Waals surface area contributed by atoms with Crippen molar-refractivity contribution in [3.05, 3.63) is 33.3 Å². The molecule has 1 atom stereocenters. The Balaban J connectivity index is 2.31. The molecule has 2 rings (SSSR count). The van der Waals surface area contributed by atoms with E-state index in [4.69, 9.17) is 21.4 Å². The van der Waals surface area contributed by atoms with Gasteiger partial charge in [0, 0.05) is 11.0 Å². The van der Waals surface area contributed by atoms with Crippen LogP contribution in [-0.2, 0) is 9.53 Å². The third kappa shape index (κ3) is 3.08. The zero-order chi connectivity index (χ0) is 14.0. The molecule has 0 bridgehead atoms. The summed E-state index contributed by atoms with van der Waals surface area (Å²) in [6, 6.07) is 3.91. The number of ether oxygens (including phenoxy) is 1. The van der Waals surface area contributed by atoms with Crippen LogP contribution in [0.5, 0.6) is 0 Å². The SMILES string of the molecule is O=C(O)[C@H]1COCCN1C(=O)c1cc(Br)ccc1Cl. The summed E-state index contributed by atoms with van der Waals surface area (Å²) in [4.78, 5) is 24.8. The van der Waals surface area contributed by atoms with Crippen LogP contribution in [0.15, 0.2) is 22.7 Å². The first-order valence-electron chi connectivity index (χ1n) is 5.57. The third-order valence-corrected chi connectivity index (χ3v) is 3.66. The van der Waals surface area contributed by atoms with E-state index in [9.17, 15) is 9.59 Å². The maximum atomic E-state index is 12.4. The third-order valence-electron chi connectivity index (χ3n) is 2.83. The van der Waals surface area contributed by atoms with Gasteiger partial charge < -0.3 is 14.7 Å². The predicted molar refractivity (Wildman–Crippen MR) is 72.4 cm³/mol. The Morgan fingerprint density at radius 1 is 1.47 bits per heavy atom. The number of carbonyl (C=O) groups is 2. The molecule has 19 heavy (non-hydrogen) atoms. The first-order chi connectivity index (χ1) is 9.00. The lowest BCUT2D eigenvalue weighted by molar-refractivity contribution is -0.147. The fourth-order valence-electron chi connectivity index (χ4n) is 1.87. The van der Waals surface area contributed by atoms with E-state index < -0.39 is 17.9 Å². The second kappa shape index (κ2) is 5.90. The van der Waals surface area contributed by atoms with Crippen LogP contribution in [0, 0.1) is 0 Å². The molecule has 1 aliphatic heterocycles. The predicted octanol–water partition coefficient (Wildman–Crippen LogP) is 2.03. The zero-order valence-electron chi connectivity index (χ0n) is 9.81. The number of rotatable bonds is 2. The minimum atomic E-state index is -1.08. The number of carboxylic acids is 1.